The van der Waals surface area contributed by atoms with Crippen LogP contribution in [0.1, 0.15) is 85.5 Å². The minimum Gasteiger partial charge on any atom is -0.325 e. The molecule has 0 aliphatic heterocycles. The van der Waals surface area contributed by atoms with Crippen molar-refractivity contribution < 1.29 is 0 Å². The van der Waals surface area contributed by atoms with E-state index < -0.39 is 0 Å². The molecule has 0 aliphatic rings. The molecule has 1 unspecified atom stereocenters. The van der Waals surface area contributed by atoms with Crippen LogP contribution in [0, 0.1) is 5.92 Å². The van der Waals surface area contributed by atoms with E-state index in [1.807, 2.05) is 0 Å². The molecule has 1 nitrogen and oxygen atoms in total. The minimum atomic E-state index is 0.120. The third kappa shape index (κ3) is 5.34. The molecule has 0 aromatic rings. The van der Waals surface area contributed by atoms with E-state index in [4.69, 9.17) is 5.73 Å². The van der Waals surface area contributed by atoms with Gasteiger partial charge in [-0.15, -0.1) is 0 Å². The van der Waals surface area contributed by atoms with Gasteiger partial charge >= 0.3 is 0 Å². The van der Waals surface area contributed by atoms with Gasteiger partial charge in [0.15, 0.2) is 0 Å². The summed E-state index contributed by atoms with van der Waals surface area (Å²) >= 11 is 0. The zero-order valence-corrected chi connectivity index (χ0v) is 12.0. The minimum absolute atomic E-state index is 0.120. The van der Waals surface area contributed by atoms with Crippen molar-refractivity contribution in [1.29, 1.82) is 0 Å². The highest BCUT2D eigenvalue weighted by Crippen LogP contribution is 2.32. The molecule has 0 amide bonds. The molecule has 16 heavy (non-hydrogen) atoms. The molecule has 0 rings (SSSR count). The number of hydrogen-bond donors (Lipinski definition) is 1. The maximum Gasteiger partial charge on any atom is 0.0182 e. The summed E-state index contributed by atoms with van der Waals surface area (Å²) in [5.74, 6) is 0.748. The molecule has 1 heteroatoms. The highest BCUT2D eigenvalue weighted by atomic mass is 14.8. The average Bonchev–Trinajstić information content (AvgIpc) is 2.24. The average molecular weight is 227 g/mol. The molecule has 2 N–H and O–H groups in total. The van der Waals surface area contributed by atoms with Gasteiger partial charge in [-0.05, 0) is 31.6 Å². The highest BCUT2D eigenvalue weighted by Gasteiger charge is 2.31. The second kappa shape index (κ2) is 9.04. The standard InChI is InChI=1S/C15H33N/c1-5-9-11-14(10-6-2)15(16,12-7-3)13-8-4/h14H,5-13,16H2,1-4H3. The van der Waals surface area contributed by atoms with Crippen molar-refractivity contribution in [2.24, 2.45) is 11.7 Å². The van der Waals surface area contributed by atoms with Crippen molar-refractivity contribution in [2.75, 3.05) is 0 Å². The van der Waals surface area contributed by atoms with Crippen LogP contribution in [0.2, 0.25) is 0 Å². The van der Waals surface area contributed by atoms with Gasteiger partial charge in [-0.25, -0.2) is 0 Å². The van der Waals surface area contributed by atoms with Gasteiger partial charge in [-0.3, -0.25) is 0 Å². The molecule has 0 fully saturated rings. The number of unbranched alkanes of at least 4 members (excludes halogenated alkanes) is 1. The third-order valence-electron chi connectivity index (χ3n) is 3.79. The van der Waals surface area contributed by atoms with E-state index in [-0.39, 0.29) is 5.54 Å². The summed E-state index contributed by atoms with van der Waals surface area (Å²) in [7, 11) is 0. The summed E-state index contributed by atoms with van der Waals surface area (Å²) in [5, 5.41) is 0. The summed E-state index contributed by atoms with van der Waals surface area (Å²) in [5.41, 5.74) is 6.81. The fourth-order valence-corrected chi connectivity index (χ4v) is 2.98. The fourth-order valence-electron chi connectivity index (χ4n) is 2.98. The second-order valence-corrected chi connectivity index (χ2v) is 5.36. The first-order valence-electron chi connectivity index (χ1n) is 7.43. The smallest absolute Gasteiger partial charge is 0.0182 e. The zero-order chi connectivity index (χ0) is 12.4. The Balaban J connectivity index is 4.49. The molecular formula is C15H33N. The fraction of sp³-hybridized carbons (Fsp3) is 1.00. The van der Waals surface area contributed by atoms with E-state index in [2.05, 4.69) is 27.7 Å². The molecule has 0 aliphatic carbocycles. The second-order valence-electron chi connectivity index (χ2n) is 5.36. The molecule has 0 aromatic carbocycles. The van der Waals surface area contributed by atoms with Gasteiger partial charge < -0.3 is 5.73 Å². The number of hydrogen-bond acceptors (Lipinski definition) is 1. The molecule has 1 atom stereocenters. The van der Waals surface area contributed by atoms with Gasteiger partial charge in [0.2, 0.25) is 0 Å². The lowest BCUT2D eigenvalue weighted by Gasteiger charge is -2.38. The van der Waals surface area contributed by atoms with Crippen LogP contribution in [0.5, 0.6) is 0 Å². The lowest BCUT2D eigenvalue weighted by atomic mass is 9.73. The Morgan fingerprint density at radius 1 is 0.812 bits per heavy atom. The van der Waals surface area contributed by atoms with Crippen molar-refractivity contribution in [3.63, 3.8) is 0 Å². The SMILES string of the molecule is CCCCC(CCC)C(N)(CCC)CCC. The van der Waals surface area contributed by atoms with Crippen LogP contribution in [-0.2, 0) is 0 Å². The van der Waals surface area contributed by atoms with Crippen LogP contribution in [-0.4, -0.2) is 5.54 Å². The molecule has 0 saturated carbocycles. The summed E-state index contributed by atoms with van der Waals surface area (Å²) in [6.07, 6.45) is 11.4. The molecule has 0 spiro atoms. The Bertz CT molecular complexity index is 148. The quantitative estimate of drug-likeness (QED) is 0.565. The predicted molar refractivity (Wildman–Crippen MR) is 74.7 cm³/mol. The van der Waals surface area contributed by atoms with E-state index in [0.717, 1.165) is 5.92 Å². The first-order chi connectivity index (χ1) is 7.64. The number of rotatable bonds is 10. The molecule has 0 heterocycles. The Labute approximate surface area is 103 Å². The van der Waals surface area contributed by atoms with Crippen molar-refractivity contribution >= 4 is 0 Å². The predicted octanol–water partition coefficient (Wildman–Crippen LogP) is 4.89. The van der Waals surface area contributed by atoms with E-state index in [1.54, 1.807) is 0 Å². The molecular weight excluding hydrogens is 194 g/mol. The van der Waals surface area contributed by atoms with Crippen LogP contribution in [0.25, 0.3) is 0 Å². The number of nitrogens with two attached hydrogens (primary N) is 1. The van der Waals surface area contributed by atoms with Crippen molar-refractivity contribution in [3.05, 3.63) is 0 Å². The van der Waals surface area contributed by atoms with Crippen LogP contribution < -0.4 is 5.73 Å². The van der Waals surface area contributed by atoms with Crippen LogP contribution in [0.3, 0.4) is 0 Å². The molecule has 0 bridgehead atoms. The van der Waals surface area contributed by atoms with Crippen molar-refractivity contribution in [1.82, 2.24) is 0 Å². The van der Waals surface area contributed by atoms with E-state index in [0.29, 0.717) is 0 Å². The van der Waals surface area contributed by atoms with Crippen molar-refractivity contribution in [2.45, 2.75) is 91.0 Å². The molecule has 0 saturated heterocycles. The van der Waals surface area contributed by atoms with Crippen molar-refractivity contribution in [3.8, 4) is 0 Å². The highest BCUT2D eigenvalue weighted by molar-refractivity contribution is 4.90. The van der Waals surface area contributed by atoms with Gasteiger partial charge in [-0.2, -0.15) is 0 Å². The Morgan fingerprint density at radius 2 is 1.38 bits per heavy atom. The molecule has 98 valence electrons. The maximum atomic E-state index is 6.69. The van der Waals surface area contributed by atoms with E-state index in [1.165, 1.54) is 57.8 Å². The van der Waals surface area contributed by atoms with E-state index >= 15 is 0 Å². The first kappa shape index (κ1) is 16.0. The summed E-state index contributed by atoms with van der Waals surface area (Å²) in [4.78, 5) is 0. The van der Waals surface area contributed by atoms with Crippen LogP contribution in [0.15, 0.2) is 0 Å². The normalized spacial score (nSPS) is 14.1. The first-order valence-corrected chi connectivity index (χ1v) is 7.43. The topological polar surface area (TPSA) is 26.0 Å². The largest absolute Gasteiger partial charge is 0.325 e. The summed E-state index contributed by atoms with van der Waals surface area (Å²) in [6.45, 7) is 9.10. The third-order valence-corrected chi connectivity index (χ3v) is 3.79. The van der Waals surface area contributed by atoms with Gasteiger partial charge in [0.05, 0.1) is 0 Å². The van der Waals surface area contributed by atoms with Crippen LogP contribution >= 0.6 is 0 Å². The van der Waals surface area contributed by atoms with Gasteiger partial charge in [0.25, 0.3) is 0 Å². The van der Waals surface area contributed by atoms with Gasteiger partial charge in [-0.1, -0.05) is 59.8 Å². The Kier molecular flexibility index (Phi) is 9.02. The molecule has 0 aromatic heterocycles. The monoisotopic (exact) mass is 227 g/mol. The van der Waals surface area contributed by atoms with Gasteiger partial charge in [0, 0.05) is 5.54 Å². The molecule has 0 radical (unpaired) electrons. The summed E-state index contributed by atoms with van der Waals surface area (Å²) < 4.78 is 0. The van der Waals surface area contributed by atoms with Gasteiger partial charge in [0.1, 0.15) is 0 Å². The lowest BCUT2D eigenvalue weighted by Crippen LogP contribution is -2.47. The zero-order valence-electron chi connectivity index (χ0n) is 12.0. The Morgan fingerprint density at radius 3 is 1.75 bits per heavy atom. The maximum absolute atomic E-state index is 6.69. The Hall–Kier alpha value is -0.0400. The lowest BCUT2D eigenvalue weighted by molar-refractivity contribution is 0.201. The van der Waals surface area contributed by atoms with Crippen LogP contribution in [0.4, 0.5) is 0 Å². The van der Waals surface area contributed by atoms with E-state index in [9.17, 15) is 0 Å². The summed E-state index contributed by atoms with van der Waals surface area (Å²) in [6, 6.07) is 0.